The van der Waals surface area contributed by atoms with Crippen LogP contribution in [0.25, 0.3) is 0 Å². The third-order valence-corrected chi connectivity index (χ3v) is 3.88. The number of aromatic hydroxyl groups is 1. The highest BCUT2D eigenvalue weighted by molar-refractivity contribution is 8.93. The fourth-order valence-electron chi connectivity index (χ4n) is 2.79. The van der Waals surface area contributed by atoms with Crippen molar-refractivity contribution in [3.05, 3.63) is 53.6 Å². The Bertz CT molecular complexity index is 598. The molecule has 3 nitrogen and oxygen atoms in total. The van der Waals surface area contributed by atoms with Crippen LogP contribution in [0, 0.1) is 0 Å². The lowest BCUT2D eigenvalue weighted by molar-refractivity contribution is 0.415. The number of anilines is 1. The van der Waals surface area contributed by atoms with Crippen molar-refractivity contribution in [3.8, 4) is 11.5 Å². The summed E-state index contributed by atoms with van der Waals surface area (Å²) < 4.78 is 5.16. The molecule has 1 aliphatic carbocycles. The van der Waals surface area contributed by atoms with Crippen LogP contribution in [0.5, 0.6) is 11.5 Å². The van der Waals surface area contributed by atoms with E-state index in [0.717, 1.165) is 30.7 Å². The second-order valence-corrected chi connectivity index (χ2v) is 5.27. The van der Waals surface area contributed by atoms with Crippen LogP contribution in [-0.2, 0) is 12.8 Å². The highest BCUT2D eigenvalue weighted by Gasteiger charge is 2.18. The molecule has 0 radical (unpaired) electrons. The molecule has 3 rings (SSSR count). The number of methoxy groups -OCH3 is 1. The van der Waals surface area contributed by atoms with E-state index in [1.54, 1.807) is 13.2 Å². The van der Waals surface area contributed by atoms with Crippen LogP contribution in [0.15, 0.2) is 42.5 Å². The lowest BCUT2D eigenvalue weighted by atomic mass is 9.88. The highest BCUT2D eigenvalue weighted by Crippen LogP contribution is 2.27. The second kappa shape index (κ2) is 6.85. The van der Waals surface area contributed by atoms with Gasteiger partial charge in [-0.15, -0.1) is 17.0 Å². The first-order valence-electron chi connectivity index (χ1n) is 6.96. The van der Waals surface area contributed by atoms with Crippen molar-refractivity contribution in [3.63, 3.8) is 0 Å². The van der Waals surface area contributed by atoms with Crippen molar-refractivity contribution in [2.24, 2.45) is 0 Å². The standard InChI is InChI=1S/C17H19NO2.BrH/c1-20-17-8-5-14(6-9-17)18-15-4-2-12-3-7-16(19)11-13(12)10-15;/h3,5-9,11,15,18-19H,2,4,10H2,1H3;1H. The zero-order chi connectivity index (χ0) is 13.9. The molecule has 1 aliphatic rings. The van der Waals surface area contributed by atoms with Crippen molar-refractivity contribution < 1.29 is 9.84 Å². The second-order valence-electron chi connectivity index (χ2n) is 5.27. The van der Waals surface area contributed by atoms with Gasteiger partial charge in [0, 0.05) is 11.7 Å². The topological polar surface area (TPSA) is 41.5 Å². The fraction of sp³-hybridized carbons (Fsp3) is 0.294. The summed E-state index contributed by atoms with van der Waals surface area (Å²) in [7, 11) is 1.67. The van der Waals surface area contributed by atoms with Crippen LogP contribution >= 0.6 is 17.0 Å². The summed E-state index contributed by atoms with van der Waals surface area (Å²) in [5.74, 6) is 1.23. The Morgan fingerprint density at radius 1 is 1.10 bits per heavy atom. The van der Waals surface area contributed by atoms with Crippen LogP contribution < -0.4 is 10.1 Å². The van der Waals surface area contributed by atoms with Gasteiger partial charge in [0.2, 0.25) is 0 Å². The largest absolute Gasteiger partial charge is 0.508 e. The van der Waals surface area contributed by atoms with Crippen molar-refractivity contribution in [1.82, 2.24) is 0 Å². The van der Waals surface area contributed by atoms with Crippen LogP contribution in [0.3, 0.4) is 0 Å². The number of nitrogens with one attached hydrogen (secondary N) is 1. The van der Waals surface area contributed by atoms with E-state index in [0.29, 0.717) is 11.8 Å². The summed E-state index contributed by atoms with van der Waals surface area (Å²) in [6, 6.07) is 14.1. The minimum atomic E-state index is 0. The van der Waals surface area contributed by atoms with E-state index in [1.165, 1.54) is 11.1 Å². The maximum absolute atomic E-state index is 9.59. The summed E-state index contributed by atoms with van der Waals surface area (Å²) in [4.78, 5) is 0. The molecule has 2 N–H and O–H groups in total. The van der Waals surface area contributed by atoms with Crippen LogP contribution in [0.4, 0.5) is 5.69 Å². The van der Waals surface area contributed by atoms with Gasteiger partial charge in [0.25, 0.3) is 0 Å². The van der Waals surface area contributed by atoms with Gasteiger partial charge in [0.1, 0.15) is 11.5 Å². The lowest BCUT2D eigenvalue weighted by Crippen LogP contribution is -2.27. The highest BCUT2D eigenvalue weighted by atomic mass is 79.9. The van der Waals surface area contributed by atoms with Gasteiger partial charge in [-0.2, -0.15) is 0 Å². The Balaban J connectivity index is 0.00000161. The molecule has 0 heterocycles. The molecule has 0 amide bonds. The van der Waals surface area contributed by atoms with Crippen LogP contribution in [0.1, 0.15) is 17.5 Å². The van der Waals surface area contributed by atoms with Crippen molar-refractivity contribution >= 4 is 22.7 Å². The number of hydrogen-bond donors (Lipinski definition) is 2. The van der Waals surface area contributed by atoms with Gasteiger partial charge >= 0.3 is 0 Å². The van der Waals surface area contributed by atoms with Gasteiger partial charge < -0.3 is 15.2 Å². The minimum absolute atomic E-state index is 0. The van der Waals surface area contributed by atoms with Gasteiger partial charge in [-0.3, -0.25) is 0 Å². The maximum Gasteiger partial charge on any atom is 0.119 e. The van der Waals surface area contributed by atoms with Gasteiger partial charge in [0.05, 0.1) is 7.11 Å². The van der Waals surface area contributed by atoms with Gasteiger partial charge in [-0.1, -0.05) is 6.07 Å². The fourth-order valence-corrected chi connectivity index (χ4v) is 2.79. The molecule has 0 aliphatic heterocycles. The third kappa shape index (κ3) is 3.70. The SMILES string of the molecule is Br.COc1ccc(NC2CCc3ccc(O)cc3C2)cc1. The van der Waals surface area contributed by atoms with E-state index >= 15 is 0 Å². The quantitative estimate of drug-likeness (QED) is 0.881. The molecule has 4 heteroatoms. The number of fused-ring (bicyclic) bond motifs is 1. The number of hydrogen-bond acceptors (Lipinski definition) is 3. The minimum Gasteiger partial charge on any atom is -0.508 e. The first kappa shape index (κ1) is 15.7. The molecular weight excluding hydrogens is 330 g/mol. The number of ether oxygens (including phenoxy) is 1. The van der Waals surface area contributed by atoms with Crippen molar-refractivity contribution in [2.45, 2.75) is 25.3 Å². The molecule has 21 heavy (non-hydrogen) atoms. The van der Waals surface area contributed by atoms with Gasteiger partial charge in [-0.25, -0.2) is 0 Å². The van der Waals surface area contributed by atoms with E-state index < -0.39 is 0 Å². The summed E-state index contributed by atoms with van der Waals surface area (Å²) in [6.07, 6.45) is 3.13. The van der Waals surface area contributed by atoms with Gasteiger partial charge in [0.15, 0.2) is 0 Å². The van der Waals surface area contributed by atoms with Crippen molar-refractivity contribution in [1.29, 1.82) is 0 Å². The smallest absolute Gasteiger partial charge is 0.119 e. The summed E-state index contributed by atoms with van der Waals surface area (Å²) >= 11 is 0. The van der Waals surface area contributed by atoms with Crippen LogP contribution in [-0.4, -0.2) is 18.3 Å². The lowest BCUT2D eigenvalue weighted by Gasteiger charge is -2.26. The molecule has 0 saturated carbocycles. The molecule has 2 aromatic carbocycles. The Hall–Kier alpha value is -1.68. The predicted octanol–water partition coefficient (Wildman–Crippen LogP) is 3.95. The average Bonchev–Trinajstić information content (AvgIpc) is 2.47. The van der Waals surface area contributed by atoms with Gasteiger partial charge in [-0.05, 0) is 66.8 Å². The number of rotatable bonds is 3. The molecule has 0 saturated heterocycles. The number of benzene rings is 2. The molecule has 112 valence electrons. The number of phenolic OH excluding ortho intramolecular Hbond substituents is 1. The normalized spacial score (nSPS) is 16.5. The Kier molecular flexibility index (Phi) is 5.12. The summed E-state index contributed by atoms with van der Waals surface area (Å²) in [5, 5.41) is 13.1. The predicted molar refractivity (Wildman–Crippen MR) is 90.9 cm³/mol. The summed E-state index contributed by atoms with van der Waals surface area (Å²) in [5.41, 5.74) is 3.72. The van der Waals surface area contributed by atoms with Crippen molar-refractivity contribution in [2.75, 3.05) is 12.4 Å². The Morgan fingerprint density at radius 2 is 1.86 bits per heavy atom. The molecule has 0 aromatic heterocycles. The van der Waals surface area contributed by atoms with E-state index in [9.17, 15) is 5.11 Å². The first-order valence-corrected chi connectivity index (χ1v) is 6.96. The van der Waals surface area contributed by atoms with E-state index in [-0.39, 0.29) is 17.0 Å². The number of aryl methyl sites for hydroxylation is 1. The summed E-state index contributed by atoms with van der Waals surface area (Å²) in [6.45, 7) is 0. The van der Waals surface area contributed by atoms with E-state index in [4.69, 9.17) is 4.74 Å². The number of halogens is 1. The molecule has 1 atom stereocenters. The number of phenols is 1. The van der Waals surface area contributed by atoms with E-state index in [1.807, 2.05) is 36.4 Å². The zero-order valence-electron chi connectivity index (χ0n) is 12.0. The first-order chi connectivity index (χ1) is 9.74. The molecule has 2 aromatic rings. The third-order valence-electron chi connectivity index (χ3n) is 3.88. The maximum atomic E-state index is 9.59. The molecule has 0 bridgehead atoms. The Labute approximate surface area is 135 Å². The van der Waals surface area contributed by atoms with Crippen LogP contribution in [0.2, 0.25) is 0 Å². The average molecular weight is 350 g/mol. The molecular formula is C17H20BrNO2. The van der Waals surface area contributed by atoms with E-state index in [2.05, 4.69) is 5.32 Å². The molecule has 0 fully saturated rings. The zero-order valence-corrected chi connectivity index (χ0v) is 13.7. The monoisotopic (exact) mass is 349 g/mol. The Morgan fingerprint density at radius 3 is 2.57 bits per heavy atom. The molecule has 0 spiro atoms. The molecule has 1 unspecified atom stereocenters.